The van der Waals surface area contributed by atoms with E-state index in [1.807, 2.05) is 0 Å². The summed E-state index contributed by atoms with van der Waals surface area (Å²) in [6.45, 7) is 8.99. The van der Waals surface area contributed by atoms with E-state index in [1.54, 1.807) is 0 Å². The molecule has 0 heterocycles. The zero-order valence-electron chi connectivity index (χ0n) is 11.1. The Hall–Kier alpha value is -0.0400. The second kappa shape index (κ2) is 9.21. The number of hydrogen-bond acceptors (Lipinski definition) is 1. The van der Waals surface area contributed by atoms with E-state index in [-0.39, 0.29) is 6.10 Å². The molecule has 15 heavy (non-hydrogen) atoms. The predicted molar refractivity (Wildman–Crippen MR) is 68.0 cm³/mol. The molecule has 92 valence electrons. The van der Waals surface area contributed by atoms with E-state index in [9.17, 15) is 5.11 Å². The highest BCUT2D eigenvalue weighted by Crippen LogP contribution is 2.19. The summed E-state index contributed by atoms with van der Waals surface area (Å²) in [5.41, 5.74) is 0. The molecule has 0 aliphatic heterocycles. The SMILES string of the molecule is CCCCCCC(O)CC(C)CC(C)C. The maximum Gasteiger partial charge on any atom is 0.0542 e. The molecule has 0 bridgehead atoms. The van der Waals surface area contributed by atoms with Crippen LogP contribution >= 0.6 is 0 Å². The van der Waals surface area contributed by atoms with Crippen molar-refractivity contribution in [1.29, 1.82) is 0 Å². The largest absolute Gasteiger partial charge is 0.393 e. The van der Waals surface area contributed by atoms with E-state index in [0.717, 1.165) is 18.8 Å². The number of unbranched alkanes of at least 4 members (excludes halogenated alkanes) is 3. The fourth-order valence-electron chi connectivity index (χ4n) is 2.29. The van der Waals surface area contributed by atoms with Gasteiger partial charge in [0, 0.05) is 0 Å². The minimum absolute atomic E-state index is 0.0596. The van der Waals surface area contributed by atoms with Crippen LogP contribution in [0, 0.1) is 11.8 Å². The first kappa shape index (κ1) is 15.0. The molecule has 0 aliphatic carbocycles. The van der Waals surface area contributed by atoms with Gasteiger partial charge < -0.3 is 5.11 Å². The van der Waals surface area contributed by atoms with Crippen LogP contribution in [0.1, 0.15) is 72.6 Å². The fourth-order valence-corrected chi connectivity index (χ4v) is 2.29. The Labute approximate surface area is 96.3 Å². The van der Waals surface area contributed by atoms with Crippen LogP contribution in [0.3, 0.4) is 0 Å². The van der Waals surface area contributed by atoms with Gasteiger partial charge >= 0.3 is 0 Å². The van der Waals surface area contributed by atoms with Crippen molar-refractivity contribution in [3.05, 3.63) is 0 Å². The molecule has 1 nitrogen and oxygen atoms in total. The molecule has 0 aromatic carbocycles. The molecular formula is C14H30O. The Balaban J connectivity index is 3.42. The molecule has 2 unspecified atom stereocenters. The summed E-state index contributed by atoms with van der Waals surface area (Å²) in [6, 6.07) is 0. The number of aliphatic hydroxyl groups is 1. The molecule has 0 saturated carbocycles. The molecule has 0 fully saturated rings. The quantitative estimate of drug-likeness (QED) is 0.564. The third kappa shape index (κ3) is 10.2. The van der Waals surface area contributed by atoms with Crippen LogP contribution in [0.5, 0.6) is 0 Å². The smallest absolute Gasteiger partial charge is 0.0542 e. The van der Waals surface area contributed by atoms with Gasteiger partial charge in [-0.3, -0.25) is 0 Å². The van der Waals surface area contributed by atoms with Gasteiger partial charge in [-0.05, 0) is 31.1 Å². The van der Waals surface area contributed by atoms with Gasteiger partial charge in [0.1, 0.15) is 0 Å². The van der Waals surface area contributed by atoms with Gasteiger partial charge in [-0.2, -0.15) is 0 Å². The highest BCUT2D eigenvalue weighted by Gasteiger charge is 2.11. The van der Waals surface area contributed by atoms with Gasteiger partial charge in [0.25, 0.3) is 0 Å². The van der Waals surface area contributed by atoms with Gasteiger partial charge in [0.05, 0.1) is 6.10 Å². The van der Waals surface area contributed by atoms with E-state index in [0.29, 0.717) is 5.92 Å². The van der Waals surface area contributed by atoms with E-state index in [2.05, 4.69) is 27.7 Å². The van der Waals surface area contributed by atoms with Crippen LogP contribution in [0.4, 0.5) is 0 Å². The third-order valence-electron chi connectivity index (χ3n) is 2.94. The first-order valence-corrected chi connectivity index (χ1v) is 6.74. The van der Waals surface area contributed by atoms with Gasteiger partial charge in [-0.1, -0.05) is 53.4 Å². The van der Waals surface area contributed by atoms with Crippen molar-refractivity contribution in [3.8, 4) is 0 Å². The minimum Gasteiger partial charge on any atom is -0.393 e. The summed E-state index contributed by atoms with van der Waals surface area (Å²) in [5.74, 6) is 1.43. The zero-order valence-corrected chi connectivity index (χ0v) is 11.1. The minimum atomic E-state index is -0.0596. The van der Waals surface area contributed by atoms with Crippen LogP contribution in [0.15, 0.2) is 0 Å². The summed E-state index contributed by atoms with van der Waals surface area (Å²) >= 11 is 0. The standard InChI is InChI=1S/C14H30O/c1-5-6-7-8-9-14(15)11-13(4)10-12(2)3/h12-15H,5-11H2,1-4H3. The molecule has 0 amide bonds. The van der Waals surface area contributed by atoms with Crippen molar-refractivity contribution < 1.29 is 5.11 Å². The van der Waals surface area contributed by atoms with E-state index in [4.69, 9.17) is 0 Å². The van der Waals surface area contributed by atoms with Crippen LogP contribution in [0.25, 0.3) is 0 Å². The number of rotatable bonds is 9. The van der Waals surface area contributed by atoms with E-state index in [1.165, 1.54) is 32.1 Å². The van der Waals surface area contributed by atoms with Crippen LogP contribution in [0.2, 0.25) is 0 Å². The first-order chi connectivity index (χ1) is 7.06. The highest BCUT2D eigenvalue weighted by molar-refractivity contribution is 4.63. The second-order valence-corrected chi connectivity index (χ2v) is 5.47. The van der Waals surface area contributed by atoms with Gasteiger partial charge in [0.2, 0.25) is 0 Å². The number of hydrogen-bond donors (Lipinski definition) is 1. The third-order valence-corrected chi connectivity index (χ3v) is 2.94. The van der Waals surface area contributed by atoms with Crippen molar-refractivity contribution in [1.82, 2.24) is 0 Å². The lowest BCUT2D eigenvalue weighted by Crippen LogP contribution is -2.13. The first-order valence-electron chi connectivity index (χ1n) is 6.74. The second-order valence-electron chi connectivity index (χ2n) is 5.47. The molecule has 0 rings (SSSR count). The molecule has 0 aromatic rings. The Morgan fingerprint density at radius 3 is 2.13 bits per heavy atom. The molecule has 0 spiro atoms. The maximum absolute atomic E-state index is 9.83. The summed E-state index contributed by atoms with van der Waals surface area (Å²) in [7, 11) is 0. The lowest BCUT2D eigenvalue weighted by atomic mass is 9.92. The molecule has 0 radical (unpaired) electrons. The van der Waals surface area contributed by atoms with Crippen molar-refractivity contribution in [2.24, 2.45) is 11.8 Å². The average molecular weight is 214 g/mol. The van der Waals surface area contributed by atoms with Crippen LogP contribution in [-0.4, -0.2) is 11.2 Å². The maximum atomic E-state index is 9.83. The van der Waals surface area contributed by atoms with Crippen molar-refractivity contribution in [2.45, 2.75) is 78.7 Å². The molecule has 1 heteroatoms. The Bertz CT molecular complexity index is 131. The van der Waals surface area contributed by atoms with E-state index < -0.39 is 0 Å². The summed E-state index contributed by atoms with van der Waals surface area (Å²) in [5, 5.41) is 9.83. The van der Waals surface area contributed by atoms with Crippen molar-refractivity contribution >= 4 is 0 Å². The predicted octanol–water partition coefficient (Wildman–Crippen LogP) is 4.39. The normalized spacial score (nSPS) is 15.6. The Kier molecular flexibility index (Phi) is 9.18. The lowest BCUT2D eigenvalue weighted by molar-refractivity contribution is 0.128. The Morgan fingerprint density at radius 2 is 1.60 bits per heavy atom. The lowest BCUT2D eigenvalue weighted by Gasteiger charge is -2.17. The molecule has 1 N–H and O–H groups in total. The summed E-state index contributed by atoms with van der Waals surface area (Å²) in [6.07, 6.45) is 8.25. The van der Waals surface area contributed by atoms with Crippen molar-refractivity contribution in [3.63, 3.8) is 0 Å². The topological polar surface area (TPSA) is 20.2 Å². The van der Waals surface area contributed by atoms with Gasteiger partial charge in [-0.25, -0.2) is 0 Å². The molecular weight excluding hydrogens is 184 g/mol. The van der Waals surface area contributed by atoms with Crippen molar-refractivity contribution in [2.75, 3.05) is 0 Å². The average Bonchev–Trinajstić information content (AvgIpc) is 2.10. The highest BCUT2D eigenvalue weighted by atomic mass is 16.3. The van der Waals surface area contributed by atoms with E-state index >= 15 is 0 Å². The van der Waals surface area contributed by atoms with Gasteiger partial charge in [0.15, 0.2) is 0 Å². The Morgan fingerprint density at radius 1 is 0.933 bits per heavy atom. The van der Waals surface area contributed by atoms with Crippen LogP contribution in [-0.2, 0) is 0 Å². The molecule has 0 aliphatic rings. The molecule has 0 aromatic heterocycles. The summed E-state index contributed by atoms with van der Waals surface area (Å²) < 4.78 is 0. The zero-order chi connectivity index (χ0) is 11.7. The molecule has 0 saturated heterocycles. The van der Waals surface area contributed by atoms with Gasteiger partial charge in [-0.15, -0.1) is 0 Å². The fraction of sp³-hybridized carbons (Fsp3) is 1.00. The summed E-state index contributed by atoms with van der Waals surface area (Å²) in [4.78, 5) is 0. The van der Waals surface area contributed by atoms with Crippen LogP contribution < -0.4 is 0 Å². The number of aliphatic hydroxyl groups excluding tert-OH is 1. The monoisotopic (exact) mass is 214 g/mol. The molecule has 2 atom stereocenters.